The summed E-state index contributed by atoms with van der Waals surface area (Å²) in [5.41, 5.74) is 1.69. The van der Waals surface area contributed by atoms with Crippen LogP contribution < -0.4 is 10.6 Å². The molecule has 100 valence electrons. The summed E-state index contributed by atoms with van der Waals surface area (Å²) in [4.78, 5) is 11.7. The smallest absolute Gasteiger partial charge is 0.319 e. The van der Waals surface area contributed by atoms with Gasteiger partial charge in [-0.15, -0.1) is 0 Å². The van der Waals surface area contributed by atoms with Crippen molar-refractivity contribution in [3.05, 3.63) is 29.8 Å². The Kier molecular flexibility index (Phi) is 6.18. The number of para-hydroxylation sites is 1. The second kappa shape index (κ2) is 7.68. The van der Waals surface area contributed by atoms with Gasteiger partial charge >= 0.3 is 6.03 Å². The summed E-state index contributed by atoms with van der Waals surface area (Å²) >= 11 is 0. The molecule has 1 aromatic carbocycles. The molecule has 2 N–H and O–H groups in total. The van der Waals surface area contributed by atoms with E-state index in [4.69, 9.17) is 9.47 Å². The Morgan fingerprint density at radius 2 is 2.00 bits per heavy atom. The maximum atomic E-state index is 11.7. The topological polar surface area (TPSA) is 59.6 Å². The van der Waals surface area contributed by atoms with Crippen molar-refractivity contribution in [3.8, 4) is 0 Å². The minimum absolute atomic E-state index is 0.0374. The van der Waals surface area contributed by atoms with Crippen molar-refractivity contribution in [2.24, 2.45) is 0 Å². The number of hydrogen-bond donors (Lipinski definition) is 2. The van der Waals surface area contributed by atoms with Gasteiger partial charge in [0.15, 0.2) is 0 Å². The third-order valence-electron chi connectivity index (χ3n) is 2.36. The molecule has 0 aliphatic carbocycles. The van der Waals surface area contributed by atoms with Crippen LogP contribution in [0.4, 0.5) is 10.5 Å². The van der Waals surface area contributed by atoms with E-state index in [0.29, 0.717) is 13.2 Å². The van der Waals surface area contributed by atoms with Crippen LogP contribution in [0.3, 0.4) is 0 Å². The van der Waals surface area contributed by atoms with Crippen molar-refractivity contribution in [3.63, 3.8) is 0 Å². The lowest BCUT2D eigenvalue weighted by Crippen LogP contribution is -2.38. The first-order valence-corrected chi connectivity index (χ1v) is 5.80. The van der Waals surface area contributed by atoms with Gasteiger partial charge in [0.25, 0.3) is 0 Å². The SMILES string of the molecule is COCc1ccccc1NC(=O)N[C@@H](C)COC. The molecule has 0 spiro atoms. The average Bonchev–Trinajstić information content (AvgIpc) is 2.32. The van der Waals surface area contributed by atoms with Gasteiger partial charge in [-0.25, -0.2) is 4.79 Å². The molecule has 0 saturated heterocycles. The second-order valence-electron chi connectivity index (χ2n) is 4.05. The van der Waals surface area contributed by atoms with Gasteiger partial charge in [0.1, 0.15) is 0 Å². The Morgan fingerprint density at radius 3 is 2.67 bits per heavy atom. The zero-order valence-electron chi connectivity index (χ0n) is 11.0. The van der Waals surface area contributed by atoms with E-state index in [0.717, 1.165) is 11.3 Å². The number of nitrogens with one attached hydrogen (secondary N) is 2. The van der Waals surface area contributed by atoms with Crippen molar-refractivity contribution in [1.82, 2.24) is 5.32 Å². The fourth-order valence-corrected chi connectivity index (χ4v) is 1.60. The monoisotopic (exact) mass is 252 g/mol. The normalized spacial score (nSPS) is 11.9. The van der Waals surface area contributed by atoms with Crippen LogP contribution in [0.15, 0.2) is 24.3 Å². The summed E-state index contributed by atoms with van der Waals surface area (Å²) in [5.74, 6) is 0. The molecule has 0 aromatic heterocycles. The third-order valence-corrected chi connectivity index (χ3v) is 2.36. The number of hydrogen-bond acceptors (Lipinski definition) is 3. The molecule has 5 nitrogen and oxygen atoms in total. The van der Waals surface area contributed by atoms with Crippen LogP contribution in [0.25, 0.3) is 0 Å². The van der Waals surface area contributed by atoms with Gasteiger partial charge in [-0.2, -0.15) is 0 Å². The van der Waals surface area contributed by atoms with E-state index in [9.17, 15) is 4.79 Å². The van der Waals surface area contributed by atoms with Gasteiger partial charge in [-0.05, 0) is 13.0 Å². The fraction of sp³-hybridized carbons (Fsp3) is 0.462. The summed E-state index contributed by atoms with van der Waals surface area (Å²) in [5, 5.41) is 5.58. The van der Waals surface area contributed by atoms with E-state index in [1.54, 1.807) is 14.2 Å². The molecule has 0 saturated carbocycles. The molecular weight excluding hydrogens is 232 g/mol. The molecule has 2 amide bonds. The maximum Gasteiger partial charge on any atom is 0.319 e. The highest BCUT2D eigenvalue weighted by Gasteiger charge is 2.09. The highest BCUT2D eigenvalue weighted by atomic mass is 16.5. The molecule has 0 radical (unpaired) electrons. The molecule has 1 rings (SSSR count). The molecule has 0 aliphatic rings. The number of urea groups is 1. The van der Waals surface area contributed by atoms with Crippen LogP contribution in [0, 0.1) is 0 Å². The van der Waals surface area contributed by atoms with E-state index >= 15 is 0 Å². The van der Waals surface area contributed by atoms with Gasteiger partial charge in [0.05, 0.1) is 19.3 Å². The van der Waals surface area contributed by atoms with Crippen molar-refractivity contribution < 1.29 is 14.3 Å². The molecule has 1 aromatic rings. The van der Waals surface area contributed by atoms with Gasteiger partial charge in [-0.3, -0.25) is 0 Å². The predicted molar refractivity (Wildman–Crippen MR) is 70.6 cm³/mol. The van der Waals surface area contributed by atoms with Crippen LogP contribution in [0.5, 0.6) is 0 Å². The molecule has 0 bridgehead atoms. The predicted octanol–water partition coefficient (Wildman–Crippen LogP) is 1.99. The van der Waals surface area contributed by atoms with Crippen LogP contribution in [0.2, 0.25) is 0 Å². The molecule has 18 heavy (non-hydrogen) atoms. The van der Waals surface area contributed by atoms with Crippen LogP contribution in [0.1, 0.15) is 12.5 Å². The Bertz CT molecular complexity index is 382. The lowest BCUT2D eigenvalue weighted by Gasteiger charge is -2.15. The Morgan fingerprint density at radius 1 is 1.28 bits per heavy atom. The van der Waals surface area contributed by atoms with Crippen molar-refractivity contribution in [2.45, 2.75) is 19.6 Å². The minimum Gasteiger partial charge on any atom is -0.383 e. The Hall–Kier alpha value is -1.59. The van der Waals surface area contributed by atoms with Gasteiger partial charge in [0.2, 0.25) is 0 Å². The molecule has 0 fully saturated rings. The van der Waals surface area contributed by atoms with Crippen LogP contribution in [-0.2, 0) is 16.1 Å². The first kappa shape index (κ1) is 14.5. The number of methoxy groups -OCH3 is 2. The molecule has 1 atom stereocenters. The molecule has 0 aliphatic heterocycles. The number of carbonyl (C=O) groups is 1. The number of carbonyl (C=O) groups excluding carboxylic acids is 1. The summed E-state index contributed by atoms with van der Waals surface area (Å²) in [6.07, 6.45) is 0. The lowest BCUT2D eigenvalue weighted by molar-refractivity contribution is 0.173. The van der Waals surface area contributed by atoms with Crippen molar-refractivity contribution in [1.29, 1.82) is 0 Å². The van der Waals surface area contributed by atoms with Gasteiger partial charge in [0, 0.05) is 25.5 Å². The van der Waals surface area contributed by atoms with Crippen molar-refractivity contribution >= 4 is 11.7 Å². The van der Waals surface area contributed by atoms with E-state index < -0.39 is 0 Å². The van der Waals surface area contributed by atoms with Gasteiger partial charge in [-0.1, -0.05) is 18.2 Å². The van der Waals surface area contributed by atoms with Crippen LogP contribution in [-0.4, -0.2) is 32.9 Å². The molecular formula is C13H20N2O3. The molecule has 5 heteroatoms. The summed E-state index contributed by atoms with van der Waals surface area (Å²) < 4.78 is 10.0. The number of anilines is 1. The number of benzene rings is 1. The highest BCUT2D eigenvalue weighted by Crippen LogP contribution is 2.15. The third kappa shape index (κ3) is 4.73. The molecule has 0 unspecified atom stereocenters. The lowest BCUT2D eigenvalue weighted by atomic mass is 10.2. The first-order valence-electron chi connectivity index (χ1n) is 5.80. The Balaban J connectivity index is 2.58. The summed E-state index contributed by atoms with van der Waals surface area (Å²) in [6, 6.07) is 7.25. The Labute approximate surface area is 107 Å². The highest BCUT2D eigenvalue weighted by molar-refractivity contribution is 5.90. The zero-order valence-corrected chi connectivity index (χ0v) is 11.0. The number of ether oxygens (including phenoxy) is 2. The van der Waals surface area contributed by atoms with Crippen molar-refractivity contribution in [2.75, 3.05) is 26.1 Å². The minimum atomic E-state index is -0.247. The fourth-order valence-electron chi connectivity index (χ4n) is 1.60. The number of amides is 2. The van der Waals surface area contributed by atoms with E-state index in [-0.39, 0.29) is 12.1 Å². The van der Waals surface area contributed by atoms with Gasteiger partial charge < -0.3 is 20.1 Å². The first-order chi connectivity index (χ1) is 8.67. The maximum absolute atomic E-state index is 11.7. The van der Waals surface area contributed by atoms with Crippen LogP contribution >= 0.6 is 0 Å². The summed E-state index contributed by atoms with van der Waals surface area (Å²) in [7, 11) is 3.22. The zero-order chi connectivity index (χ0) is 13.4. The number of rotatable bonds is 6. The quantitative estimate of drug-likeness (QED) is 0.814. The largest absolute Gasteiger partial charge is 0.383 e. The summed E-state index contributed by atoms with van der Waals surface area (Å²) in [6.45, 7) is 2.82. The second-order valence-corrected chi connectivity index (χ2v) is 4.05. The molecule has 0 heterocycles. The van der Waals surface area contributed by atoms with E-state index in [1.807, 2.05) is 31.2 Å². The van der Waals surface area contributed by atoms with E-state index in [2.05, 4.69) is 10.6 Å². The average molecular weight is 252 g/mol. The standard InChI is InChI=1S/C13H20N2O3/c1-10(8-17-2)14-13(16)15-12-7-5-4-6-11(12)9-18-3/h4-7,10H,8-9H2,1-3H3,(H2,14,15,16)/t10-/m0/s1. The van der Waals surface area contributed by atoms with E-state index in [1.165, 1.54) is 0 Å².